The summed E-state index contributed by atoms with van der Waals surface area (Å²) >= 11 is 0. The second kappa shape index (κ2) is 5.53. The molecule has 2 nitrogen and oxygen atoms in total. The van der Waals surface area contributed by atoms with Crippen LogP contribution in [-0.2, 0) is 0 Å². The number of anilines is 1. The molecule has 0 spiro atoms. The van der Waals surface area contributed by atoms with Crippen molar-refractivity contribution in [1.82, 2.24) is 5.01 Å². The Bertz CT molecular complexity index is 703. The number of hydrogen-bond donors (Lipinski definition) is 0. The van der Waals surface area contributed by atoms with Gasteiger partial charge >= 0.3 is 0 Å². The number of hydrazine groups is 1. The lowest BCUT2D eigenvalue weighted by Gasteiger charge is -2.36. The van der Waals surface area contributed by atoms with Gasteiger partial charge in [0.25, 0.3) is 0 Å². The van der Waals surface area contributed by atoms with Gasteiger partial charge < -0.3 is 0 Å². The van der Waals surface area contributed by atoms with Crippen molar-refractivity contribution < 1.29 is 0 Å². The SMILES string of the molecule is Cc1cccc(C2=C3CCCCN3N(c3ccccc3)C2)c1. The van der Waals surface area contributed by atoms with Crippen LogP contribution in [0.5, 0.6) is 0 Å². The molecule has 2 aromatic carbocycles. The zero-order valence-electron chi connectivity index (χ0n) is 13.1. The minimum Gasteiger partial charge on any atom is -0.289 e. The van der Waals surface area contributed by atoms with E-state index in [0.29, 0.717) is 0 Å². The van der Waals surface area contributed by atoms with E-state index < -0.39 is 0 Å². The van der Waals surface area contributed by atoms with Gasteiger partial charge in [0.1, 0.15) is 0 Å². The van der Waals surface area contributed by atoms with Crippen LogP contribution in [0, 0.1) is 6.92 Å². The first-order valence-corrected chi connectivity index (χ1v) is 8.22. The maximum atomic E-state index is 2.51. The van der Waals surface area contributed by atoms with Crippen molar-refractivity contribution in [1.29, 1.82) is 0 Å². The summed E-state index contributed by atoms with van der Waals surface area (Å²) in [6, 6.07) is 19.7. The van der Waals surface area contributed by atoms with Crippen LogP contribution in [0.2, 0.25) is 0 Å². The van der Waals surface area contributed by atoms with E-state index in [4.69, 9.17) is 0 Å². The highest BCUT2D eigenvalue weighted by Gasteiger charge is 2.32. The summed E-state index contributed by atoms with van der Waals surface area (Å²) in [6.45, 7) is 4.31. The van der Waals surface area contributed by atoms with Gasteiger partial charge in [-0.05, 0) is 43.9 Å². The first kappa shape index (κ1) is 13.4. The number of fused-ring (bicyclic) bond motifs is 1. The maximum absolute atomic E-state index is 2.51. The highest BCUT2D eigenvalue weighted by atomic mass is 15.6. The van der Waals surface area contributed by atoms with E-state index in [1.165, 1.54) is 47.3 Å². The molecule has 0 radical (unpaired) electrons. The number of benzene rings is 2. The van der Waals surface area contributed by atoms with E-state index in [1.807, 2.05) is 0 Å². The molecule has 0 bridgehead atoms. The van der Waals surface area contributed by atoms with Gasteiger partial charge in [0.15, 0.2) is 0 Å². The van der Waals surface area contributed by atoms with Gasteiger partial charge in [-0.25, -0.2) is 0 Å². The molecule has 0 aromatic heterocycles. The topological polar surface area (TPSA) is 6.48 Å². The van der Waals surface area contributed by atoms with Crippen molar-refractivity contribution in [2.75, 3.05) is 18.1 Å². The normalized spacial score (nSPS) is 17.9. The Hall–Kier alpha value is -2.22. The number of nitrogens with zero attached hydrogens (tertiary/aromatic N) is 2. The summed E-state index contributed by atoms with van der Waals surface area (Å²) in [5.41, 5.74) is 7.06. The van der Waals surface area contributed by atoms with Gasteiger partial charge in [-0.1, -0.05) is 48.0 Å². The maximum Gasteiger partial charge on any atom is 0.0670 e. The van der Waals surface area contributed by atoms with E-state index in [-0.39, 0.29) is 0 Å². The van der Waals surface area contributed by atoms with Crippen LogP contribution in [0.15, 0.2) is 60.3 Å². The van der Waals surface area contributed by atoms with Crippen LogP contribution in [0.3, 0.4) is 0 Å². The number of piperidine rings is 1. The van der Waals surface area contributed by atoms with Gasteiger partial charge in [-0.15, -0.1) is 0 Å². The fourth-order valence-corrected chi connectivity index (χ4v) is 3.64. The van der Waals surface area contributed by atoms with E-state index in [0.717, 1.165) is 13.1 Å². The standard InChI is InChI=1S/C20H22N2/c1-16-8-7-9-17(14-16)19-15-22(18-10-3-2-4-11-18)21-13-6-5-12-20(19)21/h2-4,7-11,14H,5-6,12-13,15H2,1H3. The number of aryl methyl sites for hydroxylation is 1. The van der Waals surface area contributed by atoms with E-state index in [1.54, 1.807) is 0 Å². The fraction of sp³-hybridized carbons (Fsp3) is 0.300. The molecular weight excluding hydrogens is 268 g/mol. The largest absolute Gasteiger partial charge is 0.289 e. The summed E-state index contributed by atoms with van der Waals surface area (Å²) in [4.78, 5) is 0. The molecule has 1 saturated heterocycles. The summed E-state index contributed by atoms with van der Waals surface area (Å²) in [5, 5.41) is 4.96. The van der Waals surface area contributed by atoms with Crippen LogP contribution in [0.4, 0.5) is 5.69 Å². The predicted molar refractivity (Wildman–Crippen MR) is 92.4 cm³/mol. The minimum absolute atomic E-state index is 0.989. The summed E-state index contributed by atoms with van der Waals surface area (Å²) < 4.78 is 0. The van der Waals surface area contributed by atoms with E-state index in [2.05, 4.69) is 71.5 Å². The lowest BCUT2D eigenvalue weighted by molar-refractivity contribution is 0.294. The number of para-hydroxylation sites is 1. The lowest BCUT2D eigenvalue weighted by atomic mass is 9.98. The Labute approximate surface area is 132 Å². The molecule has 2 aliphatic rings. The van der Waals surface area contributed by atoms with Crippen molar-refractivity contribution in [2.24, 2.45) is 0 Å². The summed E-state index contributed by atoms with van der Waals surface area (Å²) in [7, 11) is 0. The molecule has 1 fully saturated rings. The minimum atomic E-state index is 0.989. The quantitative estimate of drug-likeness (QED) is 0.796. The molecule has 0 amide bonds. The van der Waals surface area contributed by atoms with Gasteiger partial charge in [-0.2, -0.15) is 0 Å². The Morgan fingerprint density at radius 1 is 0.864 bits per heavy atom. The average molecular weight is 290 g/mol. The third-order valence-corrected chi connectivity index (χ3v) is 4.71. The summed E-state index contributed by atoms with van der Waals surface area (Å²) in [6.07, 6.45) is 3.80. The van der Waals surface area contributed by atoms with Crippen LogP contribution in [0.25, 0.3) is 5.57 Å². The van der Waals surface area contributed by atoms with Crippen molar-refractivity contribution in [3.63, 3.8) is 0 Å². The van der Waals surface area contributed by atoms with Gasteiger partial charge in [0.2, 0.25) is 0 Å². The highest BCUT2D eigenvalue weighted by molar-refractivity contribution is 5.76. The molecular formula is C20H22N2. The molecule has 0 N–H and O–H groups in total. The zero-order chi connectivity index (χ0) is 14.9. The third kappa shape index (κ3) is 2.29. The van der Waals surface area contributed by atoms with Crippen LogP contribution in [0.1, 0.15) is 30.4 Å². The Morgan fingerprint density at radius 3 is 2.55 bits per heavy atom. The average Bonchev–Trinajstić information content (AvgIpc) is 2.95. The van der Waals surface area contributed by atoms with Gasteiger partial charge in [0.05, 0.1) is 12.2 Å². The first-order valence-electron chi connectivity index (χ1n) is 8.22. The monoisotopic (exact) mass is 290 g/mol. The van der Waals surface area contributed by atoms with Crippen molar-refractivity contribution in [3.8, 4) is 0 Å². The molecule has 0 atom stereocenters. The Morgan fingerprint density at radius 2 is 1.73 bits per heavy atom. The molecule has 22 heavy (non-hydrogen) atoms. The Kier molecular flexibility index (Phi) is 3.38. The highest BCUT2D eigenvalue weighted by Crippen LogP contribution is 2.38. The summed E-state index contributed by atoms with van der Waals surface area (Å²) in [5.74, 6) is 0. The molecule has 0 aliphatic carbocycles. The number of hydrogen-bond acceptors (Lipinski definition) is 2. The first-order chi connectivity index (χ1) is 10.8. The van der Waals surface area contributed by atoms with E-state index in [9.17, 15) is 0 Å². The third-order valence-electron chi connectivity index (χ3n) is 4.71. The molecule has 2 aromatic rings. The van der Waals surface area contributed by atoms with E-state index >= 15 is 0 Å². The molecule has 0 saturated carbocycles. The van der Waals surface area contributed by atoms with Crippen LogP contribution in [-0.4, -0.2) is 18.1 Å². The Balaban J connectivity index is 1.74. The molecule has 2 heteroatoms. The number of allylic oxidation sites excluding steroid dienone is 1. The van der Waals surface area contributed by atoms with Crippen LogP contribution >= 0.6 is 0 Å². The van der Waals surface area contributed by atoms with Gasteiger partial charge in [0, 0.05) is 17.8 Å². The van der Waals surface area contributed by atoms with Crippen molar-refractivity contribution >= 4 is 11.3 Å². The van der Waals surface area contributed by atoms with Crippen molar-refractivity contribution in [2.45, 2.75) is 26.2 Å². The van der Waals surface area contributed by atoms with Crippen molar-refractivity contribution in [3.05, 3.63) is 71.4 Å². The second-order valence-electron chi connectivity index (χ2n) is 6.27. The van der Waals surface area contributed by atoms with Gasteiger partial charge in [-0.3, -0.25) is 10.0 Å². The predicted octanol–water partition coefficient (Wildman–Crippen LogP) is 4.63. The zero-order valence-corrected chi connectivity index (χ0v) is 13.1. The smallest absolute Gasteiger partial charge is 0.0670 e. The second-order valence-corrected chi connectivity index (χ2v) is 6.27. The molecule has 2 heterocycles. The molecule has 0 unspecified atom stereocenters. The molecule has 4 rings (SSSR count). The fourth-order valence-electron chi connectivity index (χ4n) is 3.64. The number of rotatable bonds is 2. The van der Waals surface area contributed by atoms with Crippen LogP contribution < -0.4 is 5.01 Å². The lowest BCUT2D eigenvalue weighted by Crippen LogP contribution is -2.39. The molecule has 2 aliphatic heterocycles. The molecule has 112 valence electrons.